The standard InChI is InChI=1S/C11H11BrOS/c1-7-5-8(12)6-9-10(14-2)3-4-13-11(7)9/h3,5-6H,4H2,1-2H3. The summed E-state index contributed by atoms with van der Waals surface area (Å²) in [6, 6.07) is 4.20. The molecule has 0 saturated heterocycles. The van der Waals surface area contributed by atoms with E-state index in [4.69, 9.17) is 4.74 Å². The van der Waals surface area contributed by atoms with Gasteiger partial charge in [0.1, 0.15) is 12.4 Å². The highest BCUT2D eigenvalue weighted by molar-refractivity contribution is 9.10. The first kappa shape index (κ1) is 10.1. The van der Waals surface area contributed by atoms with Crippen molar-refractivity contribution in [3.8, 4) is 5.75 Å². The highest BCUT2D eigenvalue weighted by Gasteiger charge is 2.15. The molecule has 0 bridgehead atoms. The Morgan fingerprint density at radius 3 is 2.93 bits per heavy atom. The minimum Gasteiger partial charge on any atom is -0.489 e. The van der Waals surface area contributed by atoms with Gasteiger partial charge in [0.05, 0.1) is 0 Å². The van der Waals surface area contributed by atoms with Gasteiger partial charge in [-0.2, -0.15) is 0 Å². The summed E-state index contributed by atoms with van der Waals surface area (Å²) in [4.78, 5) is 1.30. The van der Waals surface area contributed by atoms with Gasteiger partial charge in [0.2, 0.25) is 0 Å². The first-order chi connectivity index (χ1) is 6.72. The fourth-order valence-corrected chi connectivity index (χ4v) is 2.79. The Kier molecular flexibility index (Phi) is 2.88. The van der Waals surface area contributed by atoms with Crippen molar-refractivity contribution >= 4 is 32.6 Å². The van der Waals surface area contributed by atoms with Crippen LogP contribution in [0.4, 0.5) is 0 Å². The fourth-order valence-electron chi connectivity index (χ4n) is 1.61. The summed E-state index contributed by atoms with van der Waals surface area (Å²) in [5.41, 5.74) is 2.39. The van der Waals surface area contributed by atoms with Crippen LogP contribution in [0.25, 0.3) is 4.91 Å². The van der Waals surface area contributed by atoms with Crippen molar-refractivity contribution in [1.82, 2.24) is 0 Å². The summed E-state index contributed by atoms with van der Waals surface area (Å²) >= 11 is 5.27. The number of hydrogen-bond donors (Lipinski definition) is 0. The Bertz CT molecular complexity index is 399. The molecule has 0 N–H and O–H groups in total. The van der Waals surface area contributed by atoms with Gasteiger partial charge in [-0.15, -0.1) is 11.8 Å². The van der Waals surface area contributed by atoms with E-state index >= 15 is 0 Å². The highest BCUT2D eigenvalue weighted by atomic mass is 79.9. The van der Waals surface area contributed by atoms with Crippen molar-refractivity contribution in [3.63, 3.8) is 0 Å². The van der Waals surface area contributed by atoms with Crippen molar-refractivity contribution < 1.29 is 4.74 Å². The molecule has 0 atom stereocenters. The third kappa shape index (κ3) is 1.71. The molecule has 3 heteroatoms. The summed E-state index contributed by atoms with van der Waals surface area (Å²) in [5, 5.41) is 0. The lowest BCUT2D eigenvalue weighted by Crippen LogP contribution is -2.04. The second-order valence-corrected chi connectivity index (χ2v) is 4.95. The number of ether oxygens (including phenoxy) is 1. The average molecular weight is 271 g/mol. The Hall–Kier alpha value is -0.410. The minimum absolute atomic E-state index is 0.686. The van der Waals surface area contributed by atoms with Crippen LogP contribution in [0.5, 0.6) is 5.75 Å². The number of hydrogen-bond acceptors (Lipinski definition) is 2. The summed E-state index contributed by atoms with van der Waals surface area (Å²) in [7, 11) is 0. The van der Waals surface area contributed by atoms with Gasteiger partial charge >= 0.3 is 0 Å². The fraction of sp³-hybridized carbons (Fsp3) is 0.273. The number of halogens is 1. The Morgan fingerprint density at radius 2 is 2.21 bits per heavy atom. The zero-order valence-corrected chi connectivity index (χ0v) is 10.5. The molecule has 0 amide bonds. The lowest BCUT2D eigenvalue weighted by Gasteiger charge is -2.19. The Balaban J connectivity index is 2.60. The zero-order chi connectivity index (χ0) is 10.1. The van der Waals surface area contributed by atoms with Crippen LogP contribution in [-0.4, -0.2) is 12.9 Å². The quantitative estimate of drug-likeness (QED) is 0.767. The number of aryl methyl sites for hydroxylation is 1. The zero-order valence-electron chi connectivity index (χ0n) is 8.13. The van der Waals surface area contributed by atoms with Crippen LogP contribution < -0.4 is 4.74 Å². The monoisotopic (exact) mass is 270 g/mol. The van der Waals surface area contributed by atoms with E-state index in [1.54, 1.807) is 11.8 Å². The summed E-state index contributed by atoms with van der Waals surface area (Å²) in [6.07, 6.45) is 4.22. The maximum absolute atomic E-state index is 5.63. The van der Waals surface area contributed by atoms with E-state index in [1.807, 2.05) is 0 Å². The van der Waals surface area contributed by atoms with Crippen LogP contribution >= 0.6 is 27.7 Å². The molecular weight excluding hydrogens is 260 g/mol. The maximum Gasteiger partial charge on any atom is 0.131 e. The van der Waals surface area contributed by atoms with Crippen LogP contribution in [0, 0.1) is 6.92 Å². The average Bonchev–Trinajstić information content (AvgIpc) is 2.17. The van der Waals surface area contributed by atoms with Gasteiger partial charge in [0.25, 0.3) is 0 Å². The van der Waals surface area contributed by atoms with Gasteiger partial charge in [0, 0.05) is 14.9 Å². The molecule has 2 rings (SSSR count). The molecule has 1 heterocycles. The van der Waals surface area contributed by atoms with Crippen LogP contribution in [0.3, 0.4) is 0 Å². The molecule has 0 unspecified atom stereocenters. The van der Waals surface area contributed by atoms with Gasteiger partial charge in [-0.3, -0.25) is 0 Å². The van der Waals surface area contributed by atoms with Crippen molar-refractivity contribution in [3.05, 3.63) is 33.8 Å². The summed E-state index contributed by atoms with van der Waals surface area (Å²) in [5.74, 6) is 1.03. The van der Waals surface area contributed by atoms with E-state index in [0.29, 0.717) is 6.61 Å². The number of thioether (sulfide) groups is 1. The third-order valence-electron chi connectivity index (χ3n) is 2.22. The topological polar surface area (TPSA) is 9.23 Å². The second-order valence-electron chi connectivity index (χ2n) is 3.18. The minimum atomic E-state index is 0.686. The number of rotatable bonds is 1. The number of benzene rings is 1. The summed E-state index contributed by atoms with van der Waals surface area (Å²) in [6.45, 7) is 2.76. The van der Waals surface area contributed by atoms with Gasteiger partial charge in [0.15, 0.2) is 0 Å². The molecule has 1 aliphatic rings. The van der Waals surface area contributed by atoms with E-state index in [2.05, 4.69) is 47.3 Å². The van der Waals surface area contributed by atoms with Crippen molar-refractivity contribution in [2.45, 2.75) is 6.92 Å². The maximum atomic E-state index is 5.63. The van der Waals surface area contributed by atoms with Gasteiger partial charge < -0.3 is 4.74 Å². The van der Waals surface area contributed by atoms with Gasteiger partial charge in [-0.05, 0) is 37.0 Å². The van der Waals surface area contributed by atoms with Crippen LogP contribution in [0.15, 0.2) is 22.7 Å². The molecule has 1 aromatic carbocycles. The molecule has 1 nitrogen and oxygen atoms in total. The summed E-state index contributed by atoms with van der Waals surface area (Å²) < 4.78 is 6.74. The van der Waals surface area contributed by atoms with E-state index in [0.717, 1.165) is 10.2 Å². The van der Waals surface area contributed by atoms with Crippen molar-refractivity contribution in [2.24, 2.45) is 0 Å². The third-order valence-corrected chi connectivity index (χ3v) is 3.51. The lowest BCUT2D eigenvalue weighted by atomic mass is 10.1. The number of fused-ring (bicyclic) bond motifs is 1. The van der Waals surface area contributed by atoms with E-state index < -0.39 is 0 Å². The molecule has 0 spiro atoms. The normalized spacial score (nSPS) is 14.4. The van der Waals surface area contributed by atoms with E-state index in [1.165, 1.54) is 16.0 Å². The van der Waals surface area contributed by atoms with Crippen molar-refractivity contribution in [1.29, 1.82) is 0 Å². The highest BCUT2D eigenvalue weighted by Crippen LogP contribution is 2.39. The molecule has 0 aliphatic carbocycles. The molecule has 0 aromatic heterocycles. The van der Waals surface area contributed by atoms with Crippen LogP contribution in [0.1, 0.15) is 11.1 Å². The van der Waals surface area contributed by atoms with Gasteiger partial charge in [-0.1, -0.05) is 15.9 Å². The first-order valence-corrected chi connectivity index (χ1v) is 6.41. The van der Waals surface area contributed by atoms with E-state index in [9.17, 15) is 0 Å². The predicted molar refractivity (Wildman–Crippen MR) is 65.9 cm³/mol. The Morgan fingerprint density at radius 1 is 1.43 bits per heavy atom. The molecule has 0 fully saturated rings. The van der Waals surface area contributed by atoms with Crippen LogP contribution in [0.2, 0.25) is 0 Å². The SMILES string of the molecule is CSC1=CCOc2c(C)cc(Br)cc21. The molecular formula is C11H11BrOS. The predicted octanol–water partition coefficient (Wildman–Crippen LogP) is 3.85. The second kappa shape index (κ2) is 3.99. The Labute approximate surface area is 96.7 Å². The molecule has 0 saturated carbocycles. The molecule has 14 heavy (non-hydrogen) atoms. The van der Waals surface area contributed by atoms with E-state index in [-0.39, 0.29) is 0 Å². The molecule has 74 valence electrons. The largest absolute Gasteiger partial charge is 0.489 e. The van der Waals surface area contributed by atoms with Crippen LogP contribution in [-0.2, 0) is 0 Å². The molecule has 0 radical (unpaired) electrons. The smallest absolute Gasteiger partial charge is 0.131 e. The molecule has 1 aliphatic heterocycles. The van der Waals surface area contributed by atoms with Crippen molar-refractivity contribution in [2.75, 3.05) is 12.9 Å². The first-order valence-electron chi connectivity index (χ1n) is 4.40. The lowest BCUT2D eigenvalue weighted by molar-refractivity contribution is 0.355. The van der Waals surface area contributed by atoms with Gasteiger partial charge in [-0.25, -0.2) is 0 Å². The molecule has 1 aromatic rings.